The van der Waals surface area contributed by atoms with E-state index in [2.05, 4.69) is 20.6 Å². The predicted molar refractivity (Wildman–Crippen MR) is 96.0 cm³/mol. The Hall–Kier alpha value is -3.26. The molecule has 1 aromatic carbocycles. The highest BCUT2D eigenvalue weighted by atomic mass is 16.5. The number of aromatic nitrogens is 4. The van der Waals surface area contributed by atoms with Gasteiger partial charge in [0, 0.05) is 6.20 Å². The number of fused-ring (bicyclic) bond motifs is 1. The molecule has 0 saturated carbocycles. The number of nitrogens with zero attached hydrogens (tertiary/aromatic N) is 4. The molecule has 3 aromatic rings. The number of carbonyl (C=O) groups excluding carboxylic acids is 1. The highest BCUT2D eigenvalue weighted by Gasteiger charge is 2.27. The van der Waals surface area contributed by atoms with Gasteiger partial charge in [0.1, 0.15) is 11.9 Å². The molecular weight excluding hydrogens is 346 g/mol. The Bertz CT molecular complexity index is 924. The van der Waals surface area contributed by atoms with Crippen LogP contribution in [0.3, 0.4) is 0 Å². The van der Waals surface area contributed by atoms with E-state index in [0.717, 1.165) is 17.0 Å². The summed E-state index contributed by atoms with van der Waals surface area (Å²) in [5.74, 6) is 0.510. The molecule has 0 unspecified atom stereocenters. The van der Waals surface area contributed by atoms with E-state index in [4.69, 9.17) is 9.47 Å². The van der Waals surface area contributed by atoms with Crippen LogP contribution >= 0.6 is 0 Å². The Morgan fingerprint density at radius 3 is 2.89 bits per heavy atom. The Kier molecular flexibility index (Phi) is 4.80. The number of ether oxygens (including phenoxy) is 2. The molecule has 0 bridgehead atoms. The number of carbonyl (C=O) groups is 1. The lowest BCUT2D eigenvalue weighted by Gasteiger charge is -2.24. The van der Waals surface area contributed by atoms with Crippen LogP contribution in [0.2, 0.25) is 0 Å². The minimum Gasteiger partial charge on any atom is -0.497 e. The summed E-state index contributed by atoms with van der Waals surface area (Å²) in [7, 11) is 1.63. The minimum atomic E-state index is -0.284. The number of amides is 1. The second-order valence-electron chi connectivity index (χ2n) is 6.14. The molecule has 0 spiro atoms. The molecule has 27 heavy (non-hydrogen) atoms. The first-order valence-electron chi connectivity index (χ1n) is 8.60. The molecule has 0 radical (unpaired) electrons. The van der Waals surface area contributed by atoms with Gasteiger partial charge in [-0.3, -0.25) is 9.78 Å². The van der Waals surface area contributed by atoms with Gasteiger partial charge in [-0.15, -0.1) is 5.10 Å². The summed E-state index contributed by atoms with van der Waals surface area (Å²) in [6.45, 7) is 1.11. The topological polar surface area (TPSA) is 91.2 Å². The molecule has 1 atom stereocenters. The largest absolute Gasteiger partial charge is 0.497 e. The van der Waals surface area contributed by atoms with Gasteiger partial charge >= 0.3 is 0 Å². The Labute approximate surface area is 156 Å². The molecule has 1 aliphatic rings. The summed E-state index contributed by atoms with van der Waals surface area (Å²) < 4.78 is 12.9. The quantitative estimate of drug-likeness (QED) is 0.742. The molecule has 1 aliphatic heterocycles. The van der Waals surface area contributed by atoms with Crippen LogP contribution in [0, 0.1) is 0 Å². The minimum absolute atomic E-state index is 0.144. The van der Waals surface area contributed by atoms with E-state index in [1.165, 1.54) is 0 Å². The molecule has 1 amide bonds. The molecule has 0 fully saturated rings. The average Bonchev–Trinajstić information content (AvgIpc) is 3.16. The van der Waals surface area contributed by atoms with Crippen LogP contribution in [0.25, 0.3) is 0 Å². The van der Waals surface area contributed by atoms with E-state index in [0.29, 0.717) is 24.5 Å². The number of hydrogen-bond donors (Lipinski definition) is 1. The number of nitrogens with one attached hydrogen (secondary N) is 1. The first-order valence-corrected chi connectivity index (χ1v) is 8.60. The lowest BCUT2D eigenvalue weighted by atomic mass is 10.1. The molecule has 0 aliphatic carbocycles. The van der Waals surface area contributed by atoms with Crippen molar-refractivity contribution in [1.29, 1.82) is 0 Å². The Balaban J connectivity index is 1.44. The van der Waals surface area contributed by atoms with Gasteiger partial charge in [0.25, 0.3) is 5.91 Å². The van der Waals surface area contributed by atoms with E-state index in [1.807, 2.05) is 42.5 Å². The second kappa shape index (κ2) is 7.55. The predicted octanol–water partition coefficient (Wildman–Crippen LogP) is 1.88. The van der Waals surface area contributed by atoms with Gasteiger partial charge in [-0.1, -0.05) is 23.4 Å². The molecule has 4 rings (SSSR count). The van der Waals surface area contributed by atoms with E-state index < -0.39 is 0 Å². The lowest BCUT2D eigenvalue weighted by Crippen LogP contribution is -2.27. The standard InChI is InChI=1S/C19H19N5O3/c1-26-15-7-5-13(6-8-15)17-11-24-16(12-27-17)18(22-23-24)19(25)21-10-14-4-2-3-9-20-14/h2-9,17H,10-12H2,1H3,(H,21,25)/t17-/m0/s1. The molecular formula is C19H19N5O3. The zero-order valence-corrected chi connectivity index (χ0v) is 14.8. The second-order valence-corrected chi connectivity index (χ2v) is 6.14. The summed E-state index contributed by atoms with van der Waals surface area (Å²) in [6, 6.07) is 13.3. The molecule has 1 N–H and O–H groups in total. The number of pyridine rings is 1. The van der Waals surface area contributed by atoms with Crippen LogP contribution in [-0.2, 0) is 24.4 Å². The molecule has 8 heteroatoms. The third-order valence-corrected chi connectivity index (χ3v) is 4.46. The molecule has 8 nitrogen and oxygen atoms in total. The van der Waals surface area contributed by atoms with Crippen molar-refractivity contribution in [1.82, 2.24) is 25.3 Å². The van der Waals surface area contributed by atoms with Crippen molar-refractivity contribution in [3.63, 3.8) is 0 Å². The maximum atomic E-state index is 12.4. The van der Waals surface area contributed by atoms with Gasteiger partial charge in [-0.25, -0.2) is 4.68 Å². The summed E-state index contributed by atoms with van der Waals surface area (Å²) in [6.07, 6.45) is 1.55. The summed E-state index contributed by atoms with van der Waals surface area (Å²) in [4.78, 5) is 16.6. The van der Waals surface area contributed by atoms with Gasteiger partial charge < -0.3 is 14.8 Å². The zero-order valence-electron chi connectivity index (χ0n) is 14.8. The SMILES string of the molecule is COc1ccc([C@@H]2Cn3nnc(C(=O)NCc4ccccn4)c3CO2)cc1. The van der Waals surface area contributed by atoms with Crippen LogP contribution in [-0.4, -0.2) is 33.0 Å². The number of methoxy groups -OCH3 is 1. The Morgan fingerprint density at radius 1 is 1.30 bits per heavy atom. The maximum absolute atomic E-state index is 12.4. The fraction of sp³-hybridized carbons (Fsp3) is 0.263. The molecule has 3 heterocycles. The molecule has 2 aromatic heterocycles. The van der Waals surface area contributed by atoms with Crippen molar-refractivity contribution in [2.75, 3.05) is 7.11 Å². The number of hydrogen-bond acceptors (Lipinski definition) is 6. The molecule has 138 valence electrons. The summed E-state index contributed by atoms with van der Waals surface area (Å²) >= 11 is 0. The zero-order chi connectivity index (χ0) is 18.6. The number of benzene rings is 1. The van der Waals surface area contributed by atoms with Crippen LogP contribution in [0.5, 0.6) is 5.75 Å². The van der Waals surface area contributed by atoms with Gasteiger partial charge in [0.2, 0.25) is 0 Å². The van der Waals surface area contributed by atoms with Crippen LogP contribution in [0.4, 0.5) is 0 Å². The first kappa shape index (κ1) is 17.2. The van der Waals surface area contributed by atoms with E-state index in [9.17, 15) is 4.79 Å². The normalized spacial score (nSPS) is 15.8. The average molecular weight is 365 g/mol. The van der Waals surface area contributed by atoms with Crippen LogP contribution in [0.1, 0.15) is 33.5 Å². The van der Waals surface area contributed by atoms with Gasteiger partial charge in [0.05, 0.1) is 38.2 Å². The van der Waals surface area contributed by atoms with Crippen molar-refractivity contribution in [2.45, 2.75) is 25.8 Å². The smallest absolute Gasteiger partial charge is 0.274 e. The highest BCUT2D eigenvalue weighted by molar-refractivity contribution is 5.93. The fourth-order valence-electron chi connectivity index (χ4n) is 2.97. The first-order chi connectivity index (χ1) is 13.2. The summed E-state index contributed by atoms with van der Waals surface area (Å²) in [5, 5.41) is 11.0. The van der Waals surface area contributed by atoms with Crippen molar-refractivity contribution >= 4 is 5.91 Å². The Morgan fingerprint density at radius 2 is 2.15 bits per heavy atom. The third kappa shape index (κ3) is 3.65. The number of rotatable bonds is 5. The monoisotopic (exact) mass is 365 g/mol. The fourth-order valence-corrected chi connectivity index (χ4v) is 2.97. The van der Waals surface area contributed by atoms with E-state index in [1.54, 1.807) is 18.0 Å². The van der Waals surface area contributed by atoms with E-state index in [-0.39, 0.29) is 18.6 Å². The van der Waals surface area contributed by atoms with Gasteiger partial charge in [0.15, 0.2) is 5.69 Å². The van der Waals surface area contributed by atoms with Crippen molar-refractivity contribution in [3.05, 3.63) is 71.3 Å². The highest BCUT2D eigenvalue weighted by Crippen LogP contribution is 2.28. The maximum Gasteiger partial charge on any atom is 0.274 e. The van der Waals surface area contributed by atoms with E-state index >= 15 is 0 Å². The lowest BCUT2D eigenvalue weighted by molar-refractivity contribution is -0.00179. The van der Waals surface area contributed by atoms with Crippen molar-refractivity contribution in [3.8, 4) is 5.75 Å². The van der Waals surface area contributed by atoms with Crippen molar-refractivity contribution < 1.29 is 14.3 Å². The van der Waals surface area contributed by atoms with Gasteiger partial charge in [-0.2, -0.15) is 0 Å². The third-order valence-electron chi connectivity index (χ3n) is 4.46. The van der Waals surface area contributed by atoms with Crippen molar-refractivity contribution in [2.24, 2.45) is 0 Å². The molecule has 0 saturated heterocycles. The summed E-state index contributed by atoms with van der Waals surface area (Å²) in [5.41, 5.74) is 2.78. The van der Waals surface area contributed by atoms with Gasteiger partial charge in [-0.05, 0) is 29.8 Å². The van der Waals surface area contributed by atoms with Crippen LogP contribution in [0.15, 0.2) is 48.7 Å². The van der Waals surface area contributed by atoms with Crippen LogP contribution < -0.4 is 10.1 Å².